The minimum atomic E-state index is -0.0432. The minimum absolute atomic E-state index is 0.0432. The molecular formula is C14H16N2OS. The fourth-order valence-electron chi connectivity index (χ4n) is 1.65. The molecule has 1 amide bonds. The van der Waals surface area contributed by atoms with Gasteiger partial charge in [-0.05, 0) is 40.1 Å². The molecule has 0 aliphatic carbocycles. The third-order valence-corrected chi connectivity index (χ3v) is 3.24. The molecule has 0 unspecified atom stereocenters. The molecule has 0 radical (unpaired) electrons. The van der Waals surface area contributed by atoms with E-state index in [0.717, 1.165) is 18.8 Å². The first-order valence-electron chi connectivity index (χ1n) is 5.82. The molecule has 18 heavy (non-hydrogen) atoms. The van der Waals surface area contributed by atoms with E-state index < -0.39 is 0 Å². The largest absolute Gasteiger partial charge is 0.326 e. The zero-order valence-corrected chi connectivity index (χ0v) is 11.1. The Kier molecular flexibility index (Phi) is 4.50. The van der Waals surface area contributed by atoms with E-state index in [4.69, 9.17) is 0 Å². The molecule has 1 heterocycles. The average Bonchev–Trinajstić information content (AvgIpc) is 2.84. The van der Waals surface area contributed by atoms with E-state index in [9.17, 15) is 4.79 Å². The Morgan fingerprint density at radius 2 is 1.83 bits per heavy atom. The summed E-state index contributed by atoms with van der Waals surface area (Å²) in [6, 6.07) is 10.0. The van der Waals surface area contributed by atoms with Crippen molar-refractivity contribution in [2.75, 3.05) is 5.32 Å². The maximum Gasteiger partial charge on any atom is 0.221 e. The summed E-state index contributed by atoms with van der Waals surface area (Å²) in [5, 5.41) is 10.4. The van der Waals surface area contributed by atoms with Gasteiger partial charge in [-0.3, -0.25) is 4.79 Å². The predicted octanol–water partition coefficient (Wildman–Crippen LogP) is 3.00. The summed E-state index contributed by atoms with van der Waals surface area (Å²) in [5.41, 5.74) is 3.36. The van der Waals surface area contributed by atoms with Gasteiger partial charge in [-0.25, -0.2) is 0 Å². The second kappa shape index (κ2) is 6.33. The van der Waals surface area contributed by atoms with Crippen molar-refractivity contribution in [1.29, 1.82) is 0 Å². The lowest BCUT2D eigenvalue weighted by atomic mass is 10.2. The number of amides is 1. The smallest absolute Gasteiger partial charge is 0.221 e. The van der Waals surface area contributed by atoms with Crippen molar-refractivity contribution in [3.8, 4) is 0 Å². The highest BCUT2D eigenvalue weighted by molar-refractivity contribution is 7.07. The maximum absolute atomic E-state index is 10.9. The van der Waals surface area contributed by atoms with Crippen LogP contribution in [0.5, 0.6) is 0 Å². The van der Waals surface area contributed by atoms with Crippen LogP contribution in [0.2, 0.25) is 0 Å². The van der Waals surface area contributed by atoms with Gasteiger partial charge in [-0.1, -0.05) is 12.1 Å². The SMILES string of the molecule is CC(=O)Nc1ccc(CNCc2ccsc2)cc1. The molecule has 2 N–H and O–H groups in total. The lowest BCUT2D eigenvalue weighted by molar-refractivity contribution is -0.114. The second-order valence-electron chi connectivity index (χ2n) is 4.11. The molecule has 2 rings (SSSR count). The number of hydrogen-bond donors (Lipinski definition) is 2. The topological polar surface area (TPSA) is 41.1 Å². The zero-order valence-electron chi connectivity index (χ0n) is 10.3. The summed E-state index contributed by atoms with van der Waals surface area (Å²) in [6.45, 7) is 3.23. The van der Waals surface area contributed by atoms with Crippen molar-refractivity contribution in [3.63, 3.8) is 0 Å². The number of anilines is 1. The third kappa shape index (κ3) is 3.98. The number of nitrogens with one attached hydrogen (secondary N) is 2. The van der Waals surface area contributed by atoms with E-state index in [1.165, 1.54) is 18.1 Å². The van der Waals surface area contributed by atoms with Gasteiger partial charge in [0.25, 0.3) is 0 Å². The van der Waals surface area contributed by atoms with Gasteiger partial charge in [0.15, 0.2) is 0 Å². The van der Waals surface area contributed by atoms with Crippen LogP contribution in [0.1, 0.15) is 18.1 Å². The highest BCUT2D eigenvalue weighted by Gasteiger charge is 1.97. The molecule has 4 heteroatoms. The molecule has 0 saturated heterocycles. The lowest BCUT2D eigenvalue weighted by Gasteiger charge is -2.06. The highest BCUT2D eigenvalue weighted by Crippen LogP contribution is 2.10. The molecule has 0 fully saturated rings. The van der Waals surface area contributed by atoms with Crippen LogP contribution in [-0.4, -0.2) is 5.91 Å². The fourth-order valence-corrected chi connectivity index (χ4v) is 2.32. The Balaban J connectivity index is 1.81. The Morgan fingerprint density at radius 1 is 1.11 bits per heavy atom. The average molecular weight is 260 g/mol. The third-order valence-electron chi connectivity index (χ3n) is 2.51. The van der Waals surface area contributed by atoms with E-state index in [1.807, 2.05) is 24.3 Å². The number of thiophene rings is 1. The second-order valence-corrected chi connectivity index (χ2v) is 4.89. The molecule has 3 nitrogen and oxygen atoms in total. The summed E-state index contributed by atoms with van der Waals surface area (Å²) in [4.78, 5) is 10.9. The van der Waals surface area contributed by atoms with Gasteiger partial charge in [-0.2, -0.15) is 11.3 Å². The first kappa shape index (κ1) is 12.8. The lowest BCUT2D eigenvalue weighted by Crippen LogP contribution is -2.12. The number of hydrogen-bond acceptors (Lipinski definition) is 3. The molecule has 94 valence electrons. The normalized spacial score (nSPS) is 10.3. The summed E-state index contributed by atoms with van der Waals surface area (Å²) >= 11 is 1.71. The molecule has 0 aliphatic rings. The van der Waals surface area contributed by atoms with Crippen molar-refractivity contribution < 1.29 is 4.79 Å². The summed E-state index contributed by atoms with van der Waals surface area (Å²) in [7, 11) is 0. The molecule has 2 aromatic rings. The van der Waals surface area contributed by atoms with Crippen LogP contribution in [0.3, 0.4) is 0 Å². The summed E-state index contributed by atoms with van der Waals surface area (Å²) in [5.74, 6) is -0.0432. The van der Waals surface area contributed by atoms with E-state index in [1.54, 1.807) is 11.3 Å². The van der Waals surface area contributed by atoms with Crippen molar-refractivity contribution in [2.45, 2.75) is 20.0 Å². The van der Waals surface area contributed by atoms with E-state index in [2.05, 4.69) is 27.5 Å². The summed E-state index contributed by atoms with van der Waals surface area (Å²) in [6.07, 6.45) is 0. The molecule has 0 spiro atoms. The van der Waals surface area contributed by atoms with Crippen LogP contribution in [0.15, 0.2) is 41.1 Å². The Morgan fingerprint density at radius 3 is 2.44 bits per heavy atom. The monoisotopic (exact) mass is 260 g/mol. The van der Waals surface area contributed by atoms with E-state index in [-0.39, 0.29) is 5.91 Å². The number of benzene rings is 1. The van der Waals surface area contributed by atoms with Gasteiger partial charge in [-0.15, -0.1) is 0 Å². The molecule has 1 aromatic carbocycles. The number of carbonyl (C=O) groups excluding carboxylic acids is 1. The van der Waals surface area contributed by atoms with Crippen LogP contribution in [0, 0.1) is 0 Å². The molecule has 0 saturated carbocycles. The van der Waals surface area contributed by atoms with Crippen LogP contribution in [-0.2, 0) is 17.9 Å². The molecule has 1 aromatic heterocycles. The van der Waals surface area contributed by atoms with Gasteiger partial charge in [0.1, 0.15) is 0 Å². The van der Waals surface area contributed by atoms with Crippen molar-refractivity contribution in [1.82, 2.24) is 5.32 Å². The minimum Gasteiger partial charge on any atom is -0.326 e. The van der Waals surface area contributed by atoms with Gasteiger partial charge >= 0.3 is 0 Å². The maximum atomic E-state index is 10.9. The van der Waals surface area contributed by atoms with Crippen LogP contribution < -0.4 is 10.6 Å². The van der Waals surface area contributed by atoms with Crippen molar-refractivity contribution >= 4 is 22.9 Å². The van der Waals surface area contributed by atoms with Gasteiger partial charge < -0.3 is 10.6 Å². The summed E-state index contributed by atoms with van der Waals surface area (Å²) < 4.78 is 0. The Hall–Kier alpha value is -1.65. The number of rotatable bonds is 5. The number of carbonyl (C=O) groups is 1. The highest BCUT2D eigenvalue weighted by atomic mass is 32.1. The van der Waals surface area contributed by atoms with E-state index >= 15 is 0 Å². The Bertz CT molecular complexity index is 491. The zero-order chi connectivity index (χ0) is 12.8. The van der Waals surface area contributed by atoms with E-state index in [0.29, 0.717) is 0 Å². The molecular weight excluding hydrogens is 244 g/mol. The molecule has 0 bridgehead atoms. The quantitative estimate of drug-likeness (QED) is 0.867. The first-order valence-corrected chi connectivity index (χ1v) is 6.76. The van der Waals surface area contributed by atoms with Crippen LogP contribution >= 0.6 is 11.3 Å². The van der Waals surface area contributed by atoms with Gasteiger partial charge in [0.2, 0.25) is 5.91 Å². The molecule has 0 aliphatic heterocycles. The van der Waals surface area contributed by atoms with Gasteiger partial charge in [0, 0.05) is 25.7 Å². The molecule has 0 atom stereocenters. The first-order chi connectivity index (χ1) is 8.74. The van der Waals surface area contributed by atoms with Crippen LogP contribution in [0.25, 0.3) is 0 Å². The Labute approximate surface area is 111 Å². The van der Waals surface area contributed by atoms with Gasteiger partial charge in [0.05, 0.1) is 0 Å². The fraction of sp³-hybridized carbons (Fsp3) is 0.214. The van der Waals surface area contributed by atoms with Crippen molar-refractivity contribution in [2.24, 2.45) is 0 Å². The van der Waals surface area contributed by atoms with Crippen molar-refractivity contribution in [3.05, 3.63) is 52.2 Å². The van der Waals surface area contributed by atoms with Crippen LogP contribution in [0.4, 0.5) is 5.69 Å². The predicted molar refractivity (Wildman–Crippen MR) is 75.6 cm³/mol. The standard InChI is InChI=1S/C14H16N2OS/c1-11(17)16-14-4-2-12(3-5-14)8-15-9-13-6-7-18-10-13/h2-7,10,15H,8-9H2,1H3,(H,16,17).